The van der Waals surface area contributed by atoms with Crippen molar-refractivity contribution < 1.29 is 14.7 Å². The molecule has 2 N–H and O–H groups in total. The standard InChI is InChI=1S/C15H15N3O3S/c1-7(2)15(3)14(21)17-11(18-15)9-5-4-8-6-10(13(19)20)22-12(8)16-9/h4-7H,1-3H3,(H,19,20)(H,17,18,21). The van der Waals surface area contributed by atoms with Gasteiger partial charge in [-0.25, -0.2) is 14.8 Å². The molecule has 7 heteroatoms. The van der Waals surface area contributed by atoms with Crippen LogP contribution in [0.1, 0.15) is 36.1 Å². The van der Waals surface area contributed by atoms with Gasteiger partial charge in [0.15, 0.2) is 5.84 Å². The smallest absolute Gasteiger partial charge is 0.345 e. The van der Waals surface area contributed by atoms with E-state index in [1.54, 1.807) is 25.1 Å². The number of aliphatic imine (C=N–C) groups is 1. The molecule has 0 fully saturated rings. The molecule has 0 spiro atoms. The zero-order valence-corrected chi connectivity index (χ0v) is 13.2. The summed E-state index contributed by atoms with van der Waals surface area (Å²) in [5.74, 6) is -0.609. The van der Waals surface area contributed by atoms with Crippen molar-refractivity contribution in [3.63, 3.8) is 0 Å². The third-order valence-electron chi connectivity index (χ3n) is 4.00. The van der Waals surface area contributed by atoms with Gasteiger partial charge in [0.05, 0.1) is 0 Å². The van der Waals surface area contributed by atoms with Gasteiger partial charge in [-0.15, -0.1) is 11.3 Å². The lowest BCUT2D eigenvalue weighted by Crippen LogP contribution is -2.41. The molecular formula is C15H15N3O3S. The molecule has 3 rings (SSSR count). The maximum absolute atomic E-state index is 12.1. The summed E-state index contributed by atoms with van der Waals surface area (Å²) in [7, 11) is 0. The first kappa shape index (κ1) is 14.6. The molecule has 0 saturated carbocycles. The van der Waals surface area contributed by atoms with E-state index in [0.29, 0.717) is 16.4 Å². The molecule has 22 heavy (non-hydrogen) atoms. The van der Waals surface area contributed by atoms with E-state index in [2.05, 4.69) is 15.3 Å². The number of aromatic carboxylic acids is 1. The molecule has 6 nitrogen and oxygen atoms in total. The molecule has 2 aromatic rings. The molecule has 1 amide bonds. The molecule has 0 aromatic carbocycles. The lowest BCUT2D eigenvalue weighted by atomic mass is 9.89. The minimum Gasteiger partial charge on any atom is -0.477 e. The van der Waals surface area contributed by atoms with Crippen LogP contribution in [-0.4, -0.2) is 33.3 Å². The Labute approximate surface area is 130 Å². The topological polar surface area (TPSA) is 91.7 Å². The van der Waals surface area contributed by atoms with Gasteiger partial charge in [0.25, 0.3) is 5.91 Å². The third kappa shape index (κ3) is 2.18. The Kier molecular flexibility index (Phi) is 3.25. The summed E-state index contributed by atoms with van der Waals surface area (Å²) in [5.41, 5.74) is -0.253. The predicted molar refractivity (Wildman–Crippen MR) is 84.5 cm³/mol. The van der Waals surface area contributed by atoms with Crippen molar-refractivity contribution in [1.29, 1.82) is 0 Å². The van der Waals surface area contributed by atoms with Crippen LogP contribution in [-0.2, 0) is 4.79 Å². The molecule has 3 heterocycles. The maximum Gasteiger partial charge on any atom is 0.345 e. The van der Waals surface area contributed by atoms with Gasteiger partial charge < -0.3 is 10.4 Å². The average molecular weight is 317 g/mol. The number of hydrogen-bond acceptors (Lipinski definition) is 5. The van der Waals surface area contributed by atoms with Crippen LogP contribution in [0.15, 0.2) is 23.2 Å². The number of carbonyl (C=O) groups excluding carboxylic acids is 1. The first-order valence-electron chi connectivity index (χ1n) is 6.87. The first-order chi connectivity index (χ1) is 10.3. The van der Waals surface area contributed by atoms with E-state index >= 15 is 0 Å². The molecule has 0 aliphatic carbocycles. The Hall–Kier alpha value is -2.28. The number of carbonyl (C=O) groups is 2. The zero-order valence-electron chi connectivity index (χ0n) is 12.4. The second kappa shape index (κ2) is 4.88. The van der Waals surface area contributed by atoms with Crippen molar-refractivity contribution in [3.8, 4) is 0 Å². The quantitative estimate of drug-likeness (QED) is 0.908. The van der Waals surface area contributed by atoms with Crippen LogP contribution < -0.4 is 5.32 Å². The number of aromatic nitrogens is 1. The van der Waals surface area contributed by atoms with Crippen LogP contribution in [0.3, 0.4) is 0 Å². The lowest BCUT2D eigenvalue weighted by molar-refractivity contribution is -0.124. The average Bonchev–Trinajstić information content (AvgIpc) is 3.01. The molecule has 0 saturated heterocycles. The molecular weight excluding hydrogens is 302 g/mol. The summed E-state index contributed by atoms with van der Waals surface area (Å²) >= 11 is 1.11. The van der Waals surface area contributed by atoms with E-state index in [0.717, 1.165) is 16.7 Å². The molecule has 0 bridgehead atoms. The second-order valence-electron chi connectivity index (χ2n) is 5.72. The highest BCUT2D eigenvalue weighted by molar-refractivity contribution is 7.20. The van der Waals surface area contributed by atoms with Crippen molar-refractivity contribution >= 4 is 39.3 Å². The normalized spacial score (nSPS) is 21.3. The van der Waals surface area contributed by atoms with E-state index in [1.165, 1.54) is 0 Å². The molecule has 1 aliphatic rings. The van der Waals surface area contributed by atoms with Crippen LogP contribution in [0.5, 0.6) is 0 Å². The van der Waals surface area contributed by atoms with Crippen LogP contribution >= 0.6 is 11.3 Å². The SMILES string of the molecule is CC(C)C1(C)N=C(c2ccc3cc(C(=O)O)sc3n2)NC1=O. The molecule has 0 radical (unpaired) electrons. The highest BCUT2D eigenvalue weighted by Crippen LogP contribution is 2.28. The number of carboxylic acid groups (broad SMARTS) is 1. The summed E-state index contributed by atoms with van der Waals surface area (Å²) < 4.78 is 0. The number of fused-ring (bicyclic) bond motifs is 1. The second-order valence-corrected chi connectivity index (χ2v) is 6.75. The van der Waals surface area contributed by atoms with Crippen LogP contribution in [0.2, 0.25) is 0 Å². The van der Waals surface area contributed by atoms with Gasteiger partial charge in [0, 0.05) is 5.39 Å². The zero-order chi connectivity index (χ0) is 16.1. The first-order valence-corrected chi connectivity index (χ1v) is 7.68. The van der Waals surface area contributed by atoms with Gasteiger partial charge in [-0.2, -0.15) is 0 Å². The van der Waals surface area contributed by atoms with Crippen LogP contribution in [0.25, 0.3) is 10.2 Å². The van der Waals surface area contributed by atoms with Gasteiger partial charge in [-0.05, 0) is 31.0 Å². The summed E-state index contributed by atoms with van der Waals surface area (Å²) in [4.78, 5) is 33.0. The van der Waals surface area contributed by atoms with E-state index in [9.17, 15) is 9.59 Å². The van der Waals surface area contributed by atoms with Crippen molar-refractivity contribution in [1.82, 2.24) is 10.3 Å². The lowest BCUT2D eigenvalue weighted by Gasteiger charge is -2.21. The summed E-state index contributed by atoms with van der Waals surface area (Å²) in [6.07, 6.45) is 0. The Bertz CT molecular complexity index is 825. The molecule has 1 unspecified atom stereocenters. The van der Waals surface area contributed by atoms with Crippen molar-refractivity contribution in [3.05, 3.63) is 28.8 Å². The van der Waals surface area contributed by atoms with E-state index in [1.807, 2.05) is 13.8 Å². The van der Waals surface area contributed by atoms with Crippen molar-refractivity contribution in [2.45, 2.75) is 26.3 Å². The predicted octanol–water partition coefficient (Wildman–Crippen LogP) is 2.29. The van der Waals surface area contributed by atoms with Gasteiger partial charge in [-0.1, -0.05) is 13.8 Å². The van der Waals surface area contributed by atoms with E-state index in [4.69, 9.17) is 5.11 Å². The number of nitrogens with one attached hydrogen (secondary N) is 1. The van der Waals surface area contributed by atoms with Crippen molar-refractivity contribution in [2.75, 3.05) is 0 Å². The summed E-state index contributed by atoms with van der Waals surface area (Å²) in [6.45, 7) is 5.69. The van der Waals surface area contributed by atoms with Crippen molar-refractivity contribution in [2.24, 2.45) is 10.9 Å². The van der Waals surface area contributed by atoms with Gasteiger partial charge in [-0.3, -0.25) is 4.79 Å². The molecule has 2 aromatic heterocycles. The number of amidine groups is 1. The van der Waals surface area contributed by atoms with E-state index < -0.39 is 11.5 Å². The molecule has 1 atom stereocenters. The Balaban J connectivity index is 2.04. The Morgan fingerprint density at radius 2 is 2.14 bits per heavy atom. The number of rotatable bonds is 3. The minimum atomic E-state index is -0.969. The fraction of sp³-hybridized carbons (Fsp3) is 0.333. The number of carboxylic acids is 1. The molecule has 114 valence electrons. The maximum atomic E-state index is 12.1. The monoisotopic (exact) mass is 317 g/mol. The summed E-state index contributed by atoms with van der Waals surface area (Å²) in [6, 6.07) is 5.12. The highest BCUT2D eigenvalue weighted by Gasteiger charge is 2.42. The number of thiophene rings is 1. The third-order valence-corrected chi connectivity index (χ3v) is 5.03. The van der Waals surface area contributed by atoms with Crippen LogP contribution in [0, 0.1) is 5.92 Å². The molecule has 1 aliphatic heterocycles. The fourth-order valence-electron chi connectivity index (χ4n) is 2.21. The highest BCUT2D eigenvalue weighted by atomic mass is 32.1. The van der Waals surface area contributed by atoms with Gasteiger partial charge in [0.2, 0.25) is 0 Å². The minimum absolute atomic E-state index is 0.0640. The Morgan fingerprint density at radius 1 is 1.41 bits per heavy atom. The van der Waals surface area contributed by atoms with E-state index in [-0.39, 0.29) is 16.7 Å². The van der Waals surface area contributed by atoms with Gasteiger partial charge >= 0.3 is 5.97 Å². The number of amides is 1. The number of hydrogen-bond donors (Lipinski definition) is 2. The number of nitrogens with zero attached hydrogens (tertiary/aromatic N) is 2. The number of pyridine rings is 1. The summed E-state index contributed by atoms with van der Waals surface area (Å²) in [5, 5.41) is 12.6. The fourth-order valence-corrected chi connectivity index (χ4v) is 3.08. The Morgan fingerprint density at radius 3 is 2.73 bits per heavy atom. The van der Waals surface area contributed by atoms with Gasteiger partial charge in [0.1, 0.15) is 20.9 Å². The van der Waals surface area contributed by atoms with Crippen LogP contribution in [0.4, 0.5) is 0 Å². The largest absolute Gasteiger partial charge is 0.477 e.